The number of nitrogens with one attached hydrogen (secondary N) is 1. The van der Waals surface area contributed by atoms with Crippen molar-refractivity contribution < 1.29 is 37.0 Å². The topological polar surface area (TPSA) is 96.7 Å². The minimum atomic E-state index is -4.81. The first kappa shape index (κ1) is 28.2. The third kappa shape index (κ3) is 6.26. The lowest BCUT2D eigenvalue weighted by molar-refractivity contribution is -0.274. The molecule has 210 valence electrons. The van der Waals surface area contributed by atoms with Crippen LogP contribution in [0.3, 0.4) is 0 Å². The van der Waals surface area contributed by atoms with Crippen LogP contribution in [0.25, 0.3) is 11.0 Å². The highest BCUT2D eigenvalue weighted by Gasteiger charge is 2.33. The maximum Gasteiger partial charge on any atom is 0.573 e. The molecule has 2 unspecified atom stereocenters. The predicted octanol–water partition coefficient (Wildman–Crippen LogP) is 6.50. The van der Waals surface area contributed by atoms with Gasteiger partial charge in [-0.2, -0.15) is 0 Å². The number of carbonyl (C=O) groups excluding carboxylic acids is 1. The number of ether oxygens (including phenoxy) is 1. The van der Waals surface area contributed by atoms with Crippen LogP contribution in [0.5, 0.6) is 5.75 Å². The SMILES string of the molecule is CC(C(=O)O)N(C)C(=O)c1cc2nc(Nc3ccc(OC(F)(F)F)cc3)n(C3CCCC(C)(C)C3)c2cc1F. The summed E-state index contributed by atoms with van der Waals surface area (Å²) in [5, 5.41) is 12.4. The van der Waals surface area contributed by atoms with Gasteiger partial charge in [-0.05, 0) is 61.9 Å². The Balaban J connectivity index is 1.76. The van der Waals surface area contributed by atoms with E-state index in [-0.39, 0.29) is 22.8 Å². The molecular formula is C27H30F4N4O4. The molecular weight excluding hydrogens is 520 g/mol. The largest absolute Gasteiger partial charge is 0.573 e. The molecule has 1 aliphatic rings. The van der Waals surface area contributed by atoms with Gasteiger partial charge in [-0.1, -0.05) is 20.3 Å². The number of likely N-dealkylation sites (N-methyl/N-ethyl adjacent to an activating group) is 1. The number of hydrogen-bond donors (Lipinski definition) is 2. The van der Waals surface area contributed by atoms with Gasteiger partial charge in [-0.15, -0.1) is 13.2 Å². The van der Waals surface area contributed by atoms with E-state index < -0.39 is 30.1 Å². The third-order valence-corrected chi connectivity index (χ3v) is 7.16. The molecule has 0 aliphatic heterocycles. The van der Waals surface area contributed by atoms with Gasteiger partial charge in [-0.3, -0.25) is 4.79 Å². The van der Waals surface area contributed by atoms with Gasteiger partial charge in [0.25, 0.3) is 5.91 Å². The van der Waals surface area contributed by atoms with Gasteiger partial charge in [0.15, 0.2) is 0 Å². The van der Waals surface area contributed by atoms with E-state index in [2.05, 4.69) is 28.9 Å². The summed E-state index contributed by atoms with van der Waals surface area (Å²) in [6, 6.07) is 6.46. The fourth-order valence-corrected chi connectivity index (χ4v) is 5.02. The van der Waals surface area contributed by atoms with E-state index in [9.17, 15) is 27.9 Å². The van der Waals surface area contributed by atoms with Gasteiger partial charge in [0.05, 0.1) is 16.6 Å². The molecule has 0 radical (unpaired) electrons. The van der Waals surface area contributed by atoms with E-state index in [0.717, 1.165) is 30.6 Å². The Bertz CT molecular complexity index is 1390. The van der Waals surface area contributed by atoms with Crippen LogP contribution >= 0.6 is 0 Å². The Hall–Kier alpha value is -3.83. The summed E-state index contributed by atoms with van der Waals surface area (Å²) in [6.07, 6.45) is -1.25. The lowest BCUT2D eigenvalue weighted by Crippen LogP contribution is -2.40. The smallest absolute Gasteiger partial charge is 0.480 e. The zero-order valence-corrected chi connectivity index (χ0v) is 22.0. The average molecular weight is 551 g/mol. The number of fused-ring (bicyclic) bond motifs is 1. The molecule has 4 rings (SSSR count). The number of amides is 1. The van der Waals surface area contributed by atoms with Crippen LogP contribution in [0.4, 0.5) is 29.2 Å². The number of halogens is 4. The number of nitrogens with zero attached hydrogens (tertiary/aromatic N) is 3. The van der Waals surface area contributed by atoms with E-state index in [1.54, 1.807) is 0 Å². The number of carboxylic acid groups (broad SMARTS) is 1. The molecule has 1 aromatic heterocycles. The lowest BCUT2D eigenvalue weighted by atomic mass is 9.75. The summed E-state index contributed by atoms with van der Waals surface area (Å²) >= 11 is 0. The first-order valence-electron chi connectivity index (χ1n) is 12.5. The van der Waals surface area contributed by atoms with Crippen molar-refractivity contribution in [3.05, 3.63) is 47.8 Å². The maximum atomic E-state index is 15.3. The minimum absolute atomic E-state index is 0.0253. The van der Waals surface area contributed by atoms with Crippen LogP contribution in [0, 0.1) is 11.2 Å². The molecule has 1 aliphatic carbocycles. The molecule has 1 saturated carbocycles. The van der Waals surface area contributed by atoms with Crippen molar-refractivity contribution in [2.45, 2.75) is 64.9 Å². The summed E-state index contributed by atoms with van der Waals surface area (Å²) in [7, 11) is 1.28. The van der Waals surface area contributed by atoms with Crippen LogP contribution in [0.2, 0.25) is 0 Å². The van der Waals surface area contributed by atoms with E-state index in [4.69, 9.17) is 0 Å². The number of hydrogen-bond acceptors (Lipinski definition) is 5. The van der Waals surface area contributed by atoms with Gasteiger partial charge in [0.2, 0.25) is 5.95 Å². The van der Waals surface area contributed by atoms with Crippen molar-refractivity contribution in [2.75, 3.05) is 12.4 Å². The minimum Gasteiger partial charge on any atom is -0.480 e. The molecule has 1 fully saturated rings. The van der Waals surface area contributed by atoms with Crippen molar-refractivity contribution >= 4 is 34.5 Å². The molecule has 2 N–H and O–H groups in total. The monoisotopic (exact) mass is 550 g/mol. The zero-order valence-electron chi connectivity index (χ0n) is 22.0. The van der Waals surface area contributed by atoms with Crippen molar-refractivity contribution in [3.8, 4) is 5.75 Å². The maximum absolute atomic E-state index is 15.3. The Labute approximate surface area is 222 Å². The molecule has 2 aromatic carbocycles. The molecule has 0 saturated heterocycles. The van der Waals surface area contributed by atoms with Crippen LogP contribution in [-0.4, -0.2) is 50.9 Å². The Morgan fingerprint density at radius 2 is 1.90 bits per heavy atom. The molecule has 1 heterocycles. The molecule has 8 nitrogen and oxygen atoms in total. The van der Waals surface area contributed by atoms with Gasteiger partial charge in [0, 0.05) is 24.8 Å². The molecule has 39 heavy (non-hydrogen) atoms. The van der Waals surface area contributed by atoms with Crippen molar-refractivity contribution in [1.29, 1.82) is 0 Å². The van der Waals surface area contributed by atoms with E-state index in [1.807, 2.05) is 4.57 Å². The summed E-state index contributed by atoms with van der Waals surface area (Å²) in [6.45, 7) is 5.63. The van der Waals surface area contributed by atoms with E-state index in [0.29, 0.717) is 22.7 Å². The summed E-state index contributed by atoms with van der Waals surface area (Å²) < 4.78 is 58.8. The Kier molecular flexibility index (Phi) is 7.50. The third-order valence-electron chi connectivity index (χ3n) is 7.16. The normalized spacial score (nSPS) is 18.0. The van der Waals surface area contributed by atoms with Crippen LogP contribution < -0.4 is 10.1 Å². The zero-order chi connectivity index (χ0) is 28.7. The number of rotatable bonds is 7. The van der Waals surface area contributed by atoms with Gasteiger partial charge >= 0.3 is 12.3 Å². The van der Waals surface area contributed by atoms with Gasteiger partial charge in [-0.25, -0.2) is 14.2 Å². The summed E-state index contributed by atoms with van der Waals surface area (Å²) in [5.41, 5.74) is 0.909. The summed E-state index contributed by atoms with van der Waals surface area (Å²) in [4.78, 5) is 29.8. The van der Waals surface area contributed by atoms with Crippen LogP contribution in [-0.2, 0) is 4.79 Å². The quantitative estimate of drug-likeness (QED) is 0.326. The standard InChI is InChI=1S/C27H30F4N4O4/c1-15(24(37)38)34(4)23(36)19-12-21-22(13-20(19)28)35(17-6-5-11-26(2,3)14-17)25(33-21)32-16-7-9-18(10-8-16)39-27(29,30)31/h7-10,12-13,15,17H,5-6,11,14H2,1-4H3,(H,32,33)(H,37,38). The van der Waals surface area contributed by atoms with Crippen LogP contribution in [0.1, 0.15) is 62.9 Å². The van der Waals surface area contributed by atoms with E-state index in [1.165, 1.54) is 50.4 Å². The second-order valence-electron chi connectivity index (χ2n) is 10.7. The number of aromatic nitrogens is 2. The second-order valence-corrected chi connectivity index (χ2v) is 10.7. The highest BCUT2D eigenvalue weighted by molar-refractivity contribution is 5.99. The van der Waals surface area contributed by atoms with Crippen molar-refractivity contribution in [2.24, 2.45) is 5.41 Å². The first-order chi connectivity index (χ1) is 18.1. The predicted molar refractivity (Wildman–Crippen MR) is 137 cm³/mol. The van der Waals surface area contributed by atoms with Crippen molar-refractivity contribution in [1.82, 2.24) is 14.5 Å². The molecule has 0 bridgehead atoms. The summed E-state index contributed by atoms with van der Waals surface area (Å²) in [5.74, 6) is -2.87. The number of anilines is 2. The number of carbonyl (C=O) groups is 2. The highest BCUT2D eigenvalue weighted by atomic mass is 19.4. The Morgan fingerprint density at radius 1 is 1.23 bits per heavy atom. The molecule has 2 atom stereocenters. The number of benzene rings is 2. The van der Waals surface area contributed by atoms with Gasteiger partial charge in [0.1, 0.15) is 17.6 Å². The highest BCUT2D eigenvalue weighted by Crippen LogP contribution is 2.44. The van der Waals surface area contributed by atoms with E-state index >= 15 is 4.39 Å². The number of carboxylic acids is 1. The number of alkyl halides is 3. The fraction of sp³-hybridized carbons (Fsp3) is 0.444. The van der Waals surface area contributed by atoms with Crippen molar-refractivity contribution in [3.63, 3.8) is 0 Å². The average Bonchev–Trinajstić information content (AvgIpc) is 3.18. The fourth-order valence-electron chi connectivity index (χ4n) is 5.02. The van der Waals surface area contributed by atoms with Gasteiger partial charge < -0.3 is 24.6 Å². The number of aliphatic carboxylic acids is 1. The molecule has 3 aromatic rings. The molecule has 1 amide bonds. The molecule has 0 spiro atoms. The van der Waals surface area contributed by atoms with Crippen LogP contribution in [0.15, 0.2) is 36.4 Å². The lowest BCUT2D eigenvalue weighted by Gasteiger charge is -2.36. The second kappa shape index (κ2) is 10.4. The molecule has 12 heteroatoms. The Morgan fingerprint density at radius 3 is 2.49 bits per heavy atom. The first-order valence-corrected chi connectivity index (χ1v) is 12.5. The number of imidazole rings is 1.